The van der Waals surface area contributed by atoms with E-state index in [2.05, 4.69) is 17.7 Å². The lowest BCUT2D eigenvalue weighted by Gasteiger charge is -2.07. The number of aryl methyl sites for hydroxylation is 1. The van der Waals surface area contributed by atoms with Crippen molar-refractivity contribution in [1.29, 1.82) is 5.26 Å². The maximum atomic E-state index is 11.4. The van der Waals surface area contributed by atoms with E-state index < -0.39 is 0 Å². The van der Waals surface area contributed by atoms with Gasteiger partial charge in [0, 0.05) is 11.6 Å². The van der Waals surface area contributed by atoms with Gasteiger partial charge < -0.3 is 9.30 Å². The fraction of sp³-hybridized carbons (Fsp3) is 0.286. The second-order valence-electron chi connectivity index (χ2n) is 4.03. The summed E-state index contributed by atoms with van der Waals surface area (Å²) in [5.41, 5.74) is 2.66. The van der Waals surface area contributed by atoms with Crippen LogP contribution in [-0.2, 0) is 22.5 Å². The van der Waals surface area contributed by atoms with Crippen LogP contribution in [0.4, 0.5) is 0 Å². The lowest BCUT2D eigenvalue weighted by Crippen LogP contribution is -2.11. The molecule has 0 aliphatic rings. The van der Waals surface area contributed by atoms with Gasteiger partial charge in [-0.25, -0.2) is 0 Å². The van der Waals surface area contributed by atoms with E-state index >= 15 is 0 Å². The minimum absolute atomic E-state index is 0.131. The zero-order valence-corrected chi connectivity index (χ0v) is 10.4. The Morgan fingerprint density at radius 3 is 2.89 bits per heavy atom. The molecule has 0 amide bonds. The molecule has 0 fully saturated rings. The van der Waals surface area contributed by atoms with E-state index in [9.17, 15) is 4.79 Å². The third-order valence-corrected chi connectivity index (χ3v) is 3.01. The highest BCUT2D eigenvalue weighted by atomic mass is 16.5. The minimum Gasteiger partial charge on any atom is -0.468 e. The molecule has 0 atom stereocenters. The second kappa shape index (κ2) is 4.92. The van der Waals surface area contributed by atoms with Crippen molar-refractivity contribution in [2.45, 2.75) is 19.9 Å². The van der Waals surface area contributed by atoms with E-state index in [-0.39, 0.29) is 12.5 Å². The molecule has 0 aliphatic carbocycles. The number of para-hydroxylation sites is 1. The van der Waals surface area contributed by atoms with Crippen LogP contribution in [-0.4, -0.2) is 17.6 Å². The van der Waals surface area contributed by atoms with Crippen LogP contribution < -0.4 is 0 Å². The van der Waals surface area contributed by atoms with Crippen molar-refractivity contribution in [1.82, 2.24) is 4.57 Å². The molecule has 4 heteroatoms. The largest absolute Gasteiger partial charge is 0.468 e. The van der Waals surface area contributed by atoms with E-state index in [0.29, 0.717) is 5.56 Å². The Morgan fingerprint density at radius 2 is 2.28 bits per heavy atom. The monoisotopic (exact) mass is 242 g/mol. The second-order valence-corrected chi connectivity index (χ2v) is 4.03. The average Bonchev–Trinajstić information content (AvgIpc) is 2.76. The maximum Gasteiger partial charge on any atom is 0.325 e. The molecule has 0 N–H and O–H groups in total. The van der Waals surface area contributed by atoms with E-state index in [1.165, 1.54) is 7.11 Å². The van der Waals surface area contributed by atoms with Gasteiger partial charge in [-0.3, -0.25) is 4.79 Å². The van der Waals surface area contributed by atoms with Gasteiger partial charge in [-0.15, -0.1) is 0 Å². The normalized spacial score (nSPS) is 10.3. The topological polar surface area (TPSA) is 55.0 Å². The highest BCUT2D eigenvalue weighted by Gasteiger charge is 2.13. The van der Waals surface area contributed by atoms with Gasteiger partial charge in [0.05, 0.1) is 18.2 Å². The number of rotatable bonds is 3. The van der Waals surface area contributed by atoms with Crippen molar-refractivity contribution in [3.05, 3.63) is 35.5 Å². The van der Waals surface area contributed by atoms with Crippen molar-refractivity contribution >= 4 is 16.9 Å². The van der Waals surface area contributed by atoms with Gasteiger partial charge in [-0.2, -0.15) is 5.26 Å². The smallest absolute Gasteiger partial charge is 0.325 e. The SMILES string of the molecule is CCc1cccc2c(C#N)cn(CC(=O)OC)c12. The first-order valence-corrected chi connectivity index (χ1v) is 5.79. The Morgan fingerprint density at radius 1 is 1.50 bits per heavy atom. The first-order valence-electron chi connectivity index (χ1n) is 5.79. The van der Waals surface area contributed by atoms with Crippen molar-refractivity contribution in [2.75, 3.05) is 7.11 Å². The number of fused-ring (bicyclic) bond motifs is 1. The molecule has 92 valence electrons. The van der Waals surface area contributed by atoms with Crippen molar-refractivity contribution in [3.63, 3.8) is 0 Å². The third-order valence-electron chi connectivity index (χ3n) is 3.01. The quantitative estimate of drug-likeness (QED) is 0.776. The molecule has 0 unspecified atom stereocenters. The summed E-state index contributed by atoms with van der Waals surface area (Å²) in [5, 5.41) is 10.0. The number of hydrogen-bond donors (Lipinski definition) is 0. The fourth-order valence-electron chi connectivity index (χ4n) is 2.14. The number of aromatic nitrogens is 1. The van der Waals surface area contributed by atoms with Gasteiger partial charge >= 0.3 is 5.97 Å². The van der Waals surface area contributed by atoms with Crippen LogP contribution in [0.5, 0.6) is 0 Å². The molecule has 1 aromatic carbocycles. The molecule has 0 spiro atoms. The van der Waals surface area contributed by atoms with Crippen molar-refractivity contribution in [3.8, 4) is 6.07 Å². The third kappa shape index (κ3) is 1.95. The molecular weight excluding hydrogens is 228 g/mol. The summed E-state index contributed by atoms with van der Waals surface area (Å²) in [6.45, 7) is 2.18. The molecule has 0 aliphatic heterocycles. The summed E-state index contributed by atoms with van der Waals surface area (Å²) in [5.74, 6) is -0.317. The number of hydrogen-bond acceptors (Lipinski definition) is 3. The molecule has 0 radical (unpaired) electrons. The predicted octanol–water partition coefficient (Wildman–Crippen LogP) is 2.25. The Hall–Kier alpha value is -2.28. The van der Waals surface area contributed by atoms with Gasteiger partial charge in [0.1, 0.15) is 12.6 Å². The number of methoxy groups -OCH3 is 1. The molecule has 0 saturated carbocycles. The molecule has 18 heavy (non-hydrogen) atoms. The van der Waals surface area contributed by atoms with Crippen molar-refractivity contribution < 1.29 is 9.53 Å². The van der Waals surface area contributed by atoms with Crippen LogP contribution in [0.15, 0.2) is 24.4 Å². The zero-order chi connectivity index (χ0) is 13.1. The van der Waals surface area contributed by atoms with Gasteiger partial charge in [-0.05, 0) is 12.0 Å². The van der Waals surface area contributed by atoms with Gasteiger partial charge in [0.25, 0.3) is 0 Å². The standard InChI is InChI=1S/C14H14N2O2/c1-3-10-5-4-6-12-11(7-15)8-16(14(10)12)9-13(17)18-2/h4-6,8H,3,9H2,1-2H3. The van der Waals surface area contributed by atoms with Crippen LogP contribution >= 0.6 is 0 Å². The maximum absolute atomic E-state index is 11.4. The number of benzene rings is 1. The Kier molecular flexibility index (Phi) is 3.33. The first-order chi connectivity index (χ1) is 8.71. The molecular formula is C14H14N2O2. The van der Waals surface area contributed by atoms with Gasteiger partial charge in [0.2, 0.25) is 0 Å². The number of ether oxygens (including phenoxy) is 1. The molecule has 0 saturated heterocycles. The molecule has 0 bridgehead atoms. The molecule has 4 nitrogen and oxygen atoms in total. The van der Waals surface area contributed by atoms with E-state index in [4.69, 9.17) is 5.26 Å². The number of nitriles is 1. The summed E-state index contributed by atoms with van der Waals surface area (Å²) in [6, 6.07) is 8.01. The number of esters is 1. The van der Waals surface area contributed by atoms with E-state index in [1.807, 2.05) is 18.2 Å². The Bertz CT molecular complexity index is 635. The highest BCUT2D eigenvalue weighted by molar-refractivity contribution is 5.90. The fourth-order valence-corrected chi connectivity index (χ4v) is 2.14. The van der Waals surface area contributed by atoms with Crippen LogP contribution in [0.1, 0.15) is 18.1 Å². The van der Waals surface area contributed by atoms with Crippen LogP contribution in [0.25, 0.3) is 10.9 Å². The Labute approximate surface area is 105 Å². The van der Waals surface area contributed by atoms with Crippen LogP contribution in [0, 0.1) is 11.3 Å². The molecule has 2 rings (SSSR count). The lowest BCUT2D eigenvalue weighted by molar-refractivity contribution is -0.141. The van der Waals surface area contributed by atoms with Gasteiger partial charge in [0.15, 0.2) is 0 Å². The number of carbonyl (C=O) groups is 1. The highest BCUT2D eigenvalue weighted by Crippen LogP contribution is 2.24. The molecule has 1 aromatic heterocycles. The summed E-state index contributed by atoms with van der Waals surface area (Å²) >= 11 is 0. The Balaban J connectivity index is 2.65. The van der Waals surface area contributed by atoms with Crippen LogP contribution in [0.2, 0.25) is 0 Å². The number of nitrogens with zero attached hydrogens (tertiary/aromatic N) is 2. The molecule has 1 heterocycles. The first kappa shape index (κ1) is 12.2. The van der Waals surface area contributed by atoms with Crippen LogP contribution in [0.3, 0.4) is 0 Å². The lowest BCUT2D eigenvalue weighted by atomic mass is 10.1. The summed E-state index contributed by atoms with van der Waals surface area (Å²) in [4.78, 5) is 11.4. The predicted molar refractivity (Wildman–Crippen MR) is 68.0 cm³/mol. The zero-order valence-electron chi connectivity index (χ0n) is 10.4. The van der Waals surface area contributed by atoms with Crippen molar-refractivity contribution in [2.24, 2.45) is 0 Å². The van der Waals surface area contributed by atoms with Gasteiger partial charge in [-0.1, -0.05) is 25.1 Å². The minimum atomic E-state index is -0.317. The molecule has 2 aromatic rings. The number of carbonyl (C=O) groups excluding carboxylic acids is 1. The summed E-state index contributed by atoms with van der Waals surface area (Å²) in [6.07, 6.45) is 2.56. The summed E-state index contributed by atoms with van der Waals surface area (Å²) in [7, 11) is 1.36. The average molecular weight is 242 g/mol. The van der Waals surface area contributed by atoms with E-state index in [1.54, 1.807) is 10.8 Å². The van der Waals surface area contributed by atoms with E-state index in [0.717, 1.165) is 22.9 Å². The summed E-state index contributed by atoms with van der Waals surface area (Å²) < 4.78 is 6.47.